The molecule has 1 aromatic carbocycles. The first-order chi connectivity index (χ1) is 9.20. The average Bonchev–Trinajstić information content (AvgIpc) is 2.89. The van der Waals surface area contributed by atoms with Gasteiger partial charge in [0.25, 0.3) is 0 Å². The Hall–Kier alpha value is -1.46. The van der Waals surface area contributed by atoms with Crippen LogP contribution in [0.25, 0.3) is 0 Å². The van der Waals surface area contributed by atoms with Gasteiger partial charge in [-0.15, -0.1) is 5.10 Å². The molecule has 5 heteroatoms. The Balaban J connectivity index is 2.26. The molecule has 0 saturated heterocycles. The molecule has 0 bridgehead atoms. The predicted molar refractivity (Wildman–Crippen MR) is 77.6 cm³/mol. The van der Waals surface area contributed by atoms with Crippen molar-refractivity contribution in [1.82, 2.24) is 14.9 Å². The van der Waals surface area contributed by atoms with Gasteiger partial charge in [0.15, 0.2) is 0 Å². The molecule has 0 fully saturated rings. The number of nitrogens with zero attached hydrogens (tertiary/aromatic N) is 2. The zero-order valence-corrected chi connectivity index (χ0v) is 12.3. The molecule has 0 aliphatic carbocycles. The van der Waals surface area contributed by atoms with Crippen LogP contribution in [0.2, 0.25) is 0 Å². The van der Waals surface area contributed by atoms with E-state index in [2.05, 4.69) is 34.0 Å². The summed E-state index contributed by atoms with van der Waals surface area (Å²) in [6, 6.07) is 8.30. The summed E-state index contributed by atoms with van der Waals surface area (Å²) in [6.07, 6.45) is 1.99. The van der Waals surface area contributed by atoms with E-state index < -0.39 is 0 Å². The summed E-state index contributed by atoms with van der Waals surface area (Å²) in [7, 11) is 0. The molecular weight excluding hydrogens is 258 g/mol. The highest BCUT2D eigenvalue weighted by atomic mass is 32.1. The third-order valence-corrected chi connectivity index (χ3v) is 3.36. The van der Waals surface area contributed by atoms with Crippen LogP contribution in [0.3, 0.4) is 0 Å². The Bertz CT molecular complexity index is 499. The molecule has 1 atom stereocenters. The number of ether oxygens (including phenoxy) is 1. The van der Waals surface area contributed by atoms with Crippen molar-refractivity contribution in [3.8, 4) is 5.75 Å². The monoisotopic (exact) mass is 277 g/mol. The van der Waals surface area contributed by atoms with Crippen LogP contribution in [-0.2, 0) is 0 Å². The maximum Gasteiger partial charge on any atom is 0.120 e. The van der Waals surface area contributed by atoms with Gasteiger partial charge in [-0.25, -0.2) is 0 Å². The molecule has 2 aromatic rings. The maximum absolute atomic E-state index is 5.74. The standard InChI is InChI=1S/C14H19N3OS/c1-4-15-14(13-9-16-17-19-13)11-6-5-7-12(8-11)18-10(2)3/h5-10,14-15H,4H2,1-3H3. The van der Waals surface area contributed by atoms with Gasteiger partial charge in [-0.05, 0) is 49.6 Å². The number of hydrogen-bond donors (Lipinski definition) is 1. The lowest BCUT2D eigenvalue weighted by Gasteiger charge is -2.17. The predicted octanol–water partition coefficient (Wildman–Crippen LogP) is 3.02. The second kappa shape index (κ2) is 6.63. The van der Waals surface area contributed by atoms with E-state index in [1.807, 2.05) is 32.2 Å². The third-order valence-electron chi connectivity index (χ3n) is 2.63. The molecule has 102 valence electrons. The minimum atomic E-state index is 0.126. The molecule has 0 radical (unpaired) electrons. The van der Waals surface area contributed by atoms with Crippen LogP contribution >= 0.6 is 11.5 Å². The van der Waals surface area contributed by atoms with Crippen molar-refractivity contribution in [2.75, 3.05) is 6.54 Å². The smallest absolute Gasteiger partial charge is 0.120 e. The number of nitrogens with one attached hydrogen (secondary N) is 1. The quantitative estimate of drug-likeness (QED) is 0.881. The van der Waals surface area contributed by atoms with Crippen molar-refractivity contribution in [2.24, 2.45) is 0 Å². The zero-order chi connectivity index (χ0) is 13.7. The van der Waals surface area contributed by atoms with Gasteiger partial charge in [0.1, 0.15) is 5.75 Å². The Labute approximate surface area is 118 Å². The zero-order valence-electron chi connectivity index (χ0n) is 11.5. The average molecular weight is 277 g/mol. The van der Waals surface area contributed by atoms with Crippen LogP contribution in [0.1, 0.15) is 37.3 Å². The lowest BCUT2D eigenvalue weighted by molar-refractivity contribution is 0.242. The number of hydrogen-bond acceptors (Lipinski definition) is 5. The molecule has 19 heavy (non-hydrogen) atoms. The highest BCUT2D eigenvalue weighted by Gasteiger charge is 2.16. The largest absolute Gasteiger partial charge is 0.491 e. The van der Waals surface area contributed by atoms with Gasteiger partial charge in [0.2, 0.25) is 0 Å². The van der Waals surface area contributed by atoms with Crippen molar-refractivity contribution >= 4 is 11.5 Å². The first-order valence-corrected chi connectivity index (χ1v) is 7.25. The van der Waals surface area contributed by atoms with E-state index in [9.17, 15) is 0 Å². The van der Waals surface area contributed by atoms with Crippen LogP contribution in [0.4, 0.5) is 0 Å². The Morgan fingerprint density at radius 2 is 2.21 bits per heavy atom. The van der Waals surface area contributed by atoms with Crippen LogP contribution in [0.15, 0.2) is 30.5 Å². The second-order valence-electron chi connectivity index (χ2n) is 4.55. The van der Waals surface area contributed by atoms with E-state index >= 15 is 0 Å². The topological polar surface area (TPSA) is 47.0 Å². The van der Waals surface area contributed by atoms with Crippen LogP contribution in [-0.4, -0.2) is 22.2 Å². The second-order valence-corrected chi connectivity index (χ2v) is 5.37. The Morgan fingerprint density at radius 3 is 2.84 bits per heavy atom. The van der Waals surface area contributed by atoms with Gasteiger partial charge in [0.05, 0.1) is 23.2 Å². The summed E-state index contributed by atoms with van der Waals surface area (Å²) in [4.78, 5) is 1.11. The first-order valence-electron chi connectivity index (χ1n) is 6.48. The SMILES string of the molecule is CCNC(c1cccc(OC(C)C)c1)c1cnns1. The molecule has 1 aromatic heterocycles. The molecular formula is C14H19N3OS. The minimum Gasteiger partial charge on any atom is -0.491 e. The van der Waals surface area contributed by atoms with Crippen molar-refractivity contribution in [3.05, 3.63) is 40.9 Å². The van der Waals surface area contributed by atoms with Gasteiger partial charge in [0, 0.05) is 0 Å². The summed E-state index contributed by atoms with van der Waals surface area (Å²) in [5.74, 6) is 0.896. The summed E-state index contributed by atoms with van der Waals surface area (Å²) in [5, 5.41) is 7.38. The summed E-state index contributed by atoms with van der Waals surface area (Å²) < 4.78 is 9.69. The number of rotatable bonds is 6. The van der Waals surface area contributed by atoms with Crippen molar-refractivity contribution in [1.29, 1.82) is 0 Å². The fraction of sp³-hybridized carbons (Fsp3) is 0.429. The molecule has 2 rings (SSSR count). The molecule has 4 nitrogen and oxygen atoms in total. The van der Waals surface area contributed by atoms with E-state index in [0.717, 1.165) is 17.2 Å². The molecule has 0 spiro atoms. The van der Waals surface area contributed by atoms with Gasteiger partial charge in [-0.3, -0.25) is 0 Å². The minimum absolute atomic E-state index is 0.126. The van der Waals surface area contributed by atoms with Gasteiger partial charge < -0.3 is 10.1 Å². The van der Waals surface area contributed by atoms with Crippen LogP contribution in [0, 0.1) is 0 Å². The maximum atomic E-state index is 5.74. The number of benzene rings is 1. The van der Waals surface area contributed by atoms with Gasteiger partial charge in [-0.1, -0.05) is 23.5 Å². The lowest BCUT2D eigenvalue weighted by atomic mass is 10.1. The van der Waals surface area contributed by atoms with Crippen LogP contribution in [0.5, 0.6) is 5.75 Å². The fourth-order valence-corrected chi connectivity index (χ4v) is 2.54. The molecule has 1 heterocycles. The molecule has 0 amide bonds. The molecule has 1 unspecified atom stereocenters. The highest BCUT2D eigenvalue weighted by molar-refractivity contribution is 7.05. The third kappa shape index (κ3) is 3.75. The normalized spacial score (nSPS) is 12.6. The lowest BCUT2D eigenvalue weighted by Crippen LogP contribution is -2.21. The van der Waals surface area contributed by atoms with Gasteiger partial charge in [-0.2, -0.15) is 0 Å². The van der Waals surface area contributed by atoms with Crippen LogP contribution < -0.4 is 10.1 Å². The van der Waals surface area contributed by atoms with Gasteiger partial charge >= 0.3 is 0 Å². The van der Waals surface area contributed by atoms with Crippen molar-refractivity contribution in [2.45, 2.75) is 32.9 Å². The van der Waals surface area contributed by atoms with E-state index in [1.165, 1.54) is 17.1 Å². The summed E-state index contributed by atoms with van der Waals surface area (Å²) in [5.41, 5.74) is 1.17. The van der Waals surface area contributed by atoms with E-state index in [0.29, 0.717) is 0 Å². The first kappa shape index (κ1) is 14.0. The van der Waals surface area contributed by atoms with E-state index in [1.54, 1.807) is 0 Å². The Morgan fingerprint density at radius 1 is 1.37 bits per heavy atom. The summed E-state index contributed by atoms with van der Waals surface area (Å²) in [6.45, 7) is 7.04. The highest BCUT2D eigenvalue weighted by Crippen LogP contribution is 2.26. The molecule has 0 aliphatic heterocycles. The molecule has 0 aliphatic rings. The van der Waals surface area contributed by atoms with E-state index in [-0.39, 0.29) is 12.1 Å². The summed E-state index contributed by atoms with van der Waals surface area (Å²) >= 11 is 1.42. The van der Waals surface area contributed by atoms with Crippen molar-refractivity contribution < 1.29 is 4.74 Å². The fourth-order valence-electron chi connectivity index (χ4n) is 1.93. The molecule has 0 saturated carbocycles. The Kier molecular flexibility index (Phi) is 4.87. The van der Waals surface area contributed by atoms with Crippen molar-refractivity contribution in [3.63, 3.8) is 0 Å². The molecule has 1 N–H and O–H groups in total. The number of aromatic nitrogens is 2. The van der Waals surface area contributed by atoms with E-state index in [4.69, 9.17) is 4.74 Å².